The minimum atomic E-state index is -1.11. The Balaban J connectivity index is 3.03. The smallest absolute Gasteiger partial charge is 0.348 e. The van der Waals surface area contributed by atoms with Crippen LogP contribution in [0.5, 0.6) is 0 Å². The van der Waals surface area contributed by atoms with Gasteiger partial charge in [-0.1, -0.05) is 0 Å². The van der Waals surface area contributed by atoms with Crippen molar-refractivity contribution in [2.45, 2.75) is 32.9 Å². The third kappa shape index (κ3) is 3.37. The van der Waals surface area contributed by atoms with E-state index in [1.54, 1.807) is 13.8 Å². The molecule has 0 aromatic carbocycles. The molecular weight excluding hydrogens is 292 g/mol. The van der Waals surface area contributed by atoms with E-state index in [-0.39, 0.29) is 6.54 Å². The lowest BCUT2D eigenvalue weighted by atomic mass is 10.2. The summed E-state index contributed by atoms with van der Waals surface area (Å²) in [5.74, 6) is -1.11. The van der Waals surface area contributed by atoms with Gasteiger partial charge in [-0.25, -0.2) is 4.79 Å². The predicted molar refractivity (Wildman–Crippen MR) is 63.9 cm³/mol. The zero-order valence-corrected chi connectivity index (χ0v) is 11.1. The highest BCUT2D eigenvalue weighted by molar-refractivity contribution is 9.10. The summed E-state index contributed by atoms with van der Waals surface area (Å²) in [5.41, 5.74) is 0.691. The first kappa shape index (κ1) is 13.9. The Morgan fingerprint density at radius 1 is 1.53 bits per heavy atom. The number of aliphatic hydroxyl groups excluding tert-OH is 1. The van der Waals surface area contributed by atoms with Crippen LogP contribution in [-0.4, -0.2) is 31.8 Å². The van der Waals surface area contributed by atoms with Crippen molar-refractivity contribution < 1.29 is 15.0 Å². The molecule has 6 nitrogen and oxygen atoms in total. The molecule has 7 heteroatoms. The van der Waals surface area contributed by atoms with Crippen LogP contribution in [0.4, 0.5) is 0 Å². The van der Waals surface area contributed by atoms with Crippen LogP contribution < -0.4 is 5.69 Å². The molecule has 0 spiro atoms. The fourth-order valence-electron chi connectivity index (χ4n) is 1.47. The van der Waals surface area contributed by atoms with Gasteiger partial charge in [0.1, 0.15) is 0 Å². The second kappa shape index (κ2) is 5.42. The van der Waals surface area contributed by atoms with Crippen molar-refractivity contribution in [3.8, 4) is 0 Å². The summed E-state index contributed by atoms with van der Waals surface area (Å²) in [6.07, 6.45) is -1.52. The molecule has 94 valence electrons. The molecule has 0 aliphatic heterocycles. The Labute approximate surface area is 106 Å². The Morgan fingerprint density at radius 3 is 2.65 bits per heavy atom. The number of carboxylic acids is 1. The highest BCUT2D eigenvalue weighted by Gasteiger charge is 2.15. The molecular formula is C10H13BrN2O4. The fraction of sp³-hybridized carbons (Fsp3) is 0.500. The fourth-order valence-corrected chi connectivity index (χ4v) is 1.77. The first-order chi connectivity index (χ1) is 7.82. The van der Waals surface area contributed by atoms with Gasteiger partial charge in [-0.15, -0.1) is 0 Å². The lowest BCUT2D eigenvalue weighted by Gasteiger charge is -2.14. The maximum atomic E-state index is 11.6. The highest BCUT2D eigenvalue weighted by atomic mass is 79.9. The van der Waals surface area contributed by atoms with Crippen molar-refractivity contribution in [2.24, 2.45) is 0 Å². The van der Waals surface area contributed by atoms with Crippen LogP contribution in [0.25, 0.3) is 0 Å². The molecule has 1 atom stereocenters. The van der Waals surface area contributed by atoms with Crippen LogP contribution in [0, 0.1) is 13.8 Å². The SMILES string of the molecule is Cc1nc(=O)n(CC(O)CC(=O)O)c(C)c1Br. The van der Waals surface area contributed by atoms with Gasteiger partial charge < -0.3 is 10.2 Å². The number of carboxylic acid groups (broad SMARTS) is 1. The molecule has 2 N–H and O–H groups in total. The van der Waals surface area contributed by atoms with Crippen molar-refractivity contribution in [3.05, 3.63) is 26.3 Å². The Kier molecular flexibility index (Phi) is 4.41. The number of aromatic nitrogens is 2. The number of aryl methyl sites for hydroxylation is 1. The lowest BCUT2D eigenvalue weighted by Crippen LogP contribution is -2.32. The molecule has 0 aliphatic carbocycles. The number of aliphatic hydroxyl groups is 1. The number of carbonyl (C=O) groups is 1. The second-order valence-corrected chi connectivity index (χ2v) is 4.53. The normalized spacial score (nSPS) is 12.5. The first-order valence-corrected chi connectivity index (χ1v) is 5.75. The van der Waals surface area contributed by atoms with Crippen LogP contribution in [0.3, 0.4) is 0 Å². The van der Waals surface area contributed by atoms with E-state index in [2.05, 4.69) is 20.9 Å². The van der Waals surface area contributed by atoms with E-state index >= 15 is 0 Å². The van der Waals surface area contributed by atoms with Crippen molar-refractivity contribution in [3.63, 3.8) is 0 Å². The van der Waals surface area contributed by atoms with Gasteiger partial charge in [0.2, 0.25) is 0 Å². The van der Waals surface area contributed by atoms with Crippen molar-refractivity contribution in [1.82, 2.24) is 9.55 Å². The quantitative estimate of drug-likeness (QED) is 0.843. The van der Waals surface area contributed by atoms with Gasteiger partial charge in [0.05, 0.1) is 29.2 Å². The van der Waals surface area contributed by atoms with Crippen molar-refractivity contribution in [1.29, 1.82) is 0 Å². The van der Waals surface area contributed by atoms with Gasteiger partial charge in [0, 0.05) is 5.69 Å². The minimum Gasteiger partial charge on any atom is -0.481 e. The number of hydrogen-bond acceptors (Lipinski definition) is 4. The van der Waals surface area contributed by atoms with E-state index in [0.29, 0.717) is 15.9 Å². The number of aliphatic carboxylic acids is 1. The topological polar surface area (TPSA) is 92.4 Å². The molecule has 1 unspecified atom stereocenters. The number of nitrogens with zero attached hydrogens (tertiary/aromatic N) is 2. The van der Waals surface area contributed by atoms with Gasteiger partial charge in [-0.05, 0) is 29.8 Å². The number of rotatable bonds is 4. The van der Waals surface area contributed by atoms with E-state index in [4.69, 9.17) is 5.11 Å². The molecule has 1 heterocycles. The average Bonchev–Trinajstić information content (AvgIpc) is 2.20. The summed E-state index contributed by atoms with van der Waals surface area (Å²) in [6.45, 7) is 3.31. The zero-order valence-electron chi connectivity index (χ0n) is 9.47. The van der Waals surface area contributed by atoms with Crippen LogP contribution in [0.2, 0.25) is 0 Å². The lowest BCUT2D eigenvalue weighted by molar-refractivity contribution is -0.139. The maximum Gasteiger partial charge on any atom is 0.348 e. The minimum absolute atomic E-state index is 0.0805. The van der Waals surface area contributed by atoms with Crippen molar-refractivity contribution >= 4 is 21.9 Å². The molecule has 0 saturated carbocycles. The van der Waals surface area contributed by atoms with Crippen LogP contribution in [0.1, 0.15) is 17.8 Å². The van der Waals surface area contributed by atoms with Gasteiger partial charge in [0.15, 0.2) is 0 Å². The second-order valence-electron chi connectivity index (χ2n) is 3.74. The molecule has 1 aromatic heterocycles. The summed E-state index contributed by atoms with van der Waals surface area (Å²) < 4.78 is 1.93. The largest absolute Gasteiger partial charge is 0.481 e. The van der Waals surface area contributed by atoms with E-state index in [1.165, 1.54) is 4.57 Å². The van der Waals surface area contributed by atoms with Gasteiger partial charge in [-0.2, -0.15) is 4.98 Å². The van der Waals surface area contributed by atoms with Crippen LogP contribution >= 0.6 is 15.9 Å². The van der Waals surface area contributed by atoms with E-state index in [1.807, 2.05) is 0 Å². The van der Waals surface area contributed by atoms with Gasteiger partial charge in [-0.3, -0.25) is 9.36 Å². The summed E-state index contributed by atoms with van der Waals surface area (Å²) in [7, 11) is 0. The summed E-state index contributed by atoms with van der Waals surface area (Å²) in [6, 6.07) is 0. The Bertz CT molecular complexity index is 498. The van der Waals surface area contributed by atoms with Gasteiger partial charge in [0.25, 0.3) is 0 Å². The molecule has 0 fully saturated rings. The summed E-state index contributed by atoms with van der Waals surface area (Å²) >= 11 is 3.28. The predicted octanol–water partition coefficient (Wildman–Crippen LogP) is 0.458. The van der Waals surface area contributed by atoms with Crippen molar-refractivity contribution in [2.75, 3.05) is 0 Å². The molecule has 0 aliphatic rings. The Morgan fingerprint density at radius 2 is 2.12 bits per heavy atom. The third-order valence-corrected chi connectivity index (χ3v) is 3.49. The van der Waals surface area contributed by atoms with Crippen LogP contribution in [-0.2, 0) is 11.3 Å². The molecule has 0 radical (unpaired) electrons. The first-order valence-electron chi connectivity index (χ1n) is 4.96. The monoisotopic (exact) mass is 304 g/mol. The highest BCUT2D eigenvalue weighted by Crippen LogP contribution is 2.16. The average molecular weight is 305 g/mol. The standard InChI is InChI=1S/C10H13BrN2O4/c1-5-9(11)6(2)13(10(17)12-5)4-7(14)3-8(15)16/h7,14H,3-4H2,1-2H3,(H,15,16). The summed E-state index contributed by atoms with van der Waals surface area (Å²) in [5, 5.41) is 18.0. The van der Waals surface area contributed by atoms with E-state index in [9.17, 15) is 14.7 Å². The molecule has 0 saturated heterocycles. The molecule has 0 amide bonds. The zero-order chi connectivity index (χ0) is 13.2. The molecule has 1 rings (SSSR count). The maximum absolute atomic E-state index is 11.6. The molecule has 17 heavy (non-hydrogen) atoms. The van der Waals surface area contributed by atoms with Crippen LogP contribution in [0.15, 0.2) is 9.27 Å². The van der Waals surface area contributed by atoms with Gasteiger partial charge >= 0.3 is 11.7 Å². The summed E-state index contributed by atoms with van der Waals surface area (Å²) in [4.78, 5) is 25.8. The third-order valence-electron chi connectivity index (χ3n) is 2.34. The number of hydrogen-bond donors (Lipinski definition) is 2. The number of halogens is 1. The van der Waals surface area contributed by atoms with E-state index < -0.39 is 24.2 Å². The molecule has 1 aromatic rings. The molecule has 0 bridgehead atoms. The Hall–Kier alpha value is -1.21. The van der Waals surface area contributed by atoms with E-state index in [0.717, 1.165) is 0 Å².